The molecule has 0 aromatic heterocycles. The Morgan fingerprint density at radius 3 is 2.22 bits per heavy atom. The van der Waals surface area contributed by atoms with Gasteiger partial charge in [0.25, 0.3) is 0 Å². The van der Waals surface area contributed by atoms with Crippen LogP contribution in [0.3, 0.4) is 0 Å². The Balaban J connectivity index is 2.71. The highest BCUT2D eigenvalue weighted by Gasteiger charge is 2.29. The lowest BCUT2D eigenvalue weighted by Crippen LogP contribution is -2.37. The summed E-state index contributed by atoms with van der Waals surface area (Å²) in [5, 5.41) is 2.18. The maximum Gasteiger partial charge on any atom is 0.239 e. The molecular formula is C13H20N2O2S. The van der Waals surface area contributed by atoms with Gasteiger partial charge >= 0.3 is 0 Å². The number of hydrogen-bond donors (Lipinski definition) is 2. The first-order valence-corrected chi connectivity index (χ1v) is 7.00. The van der Waals surface area contributed by atoms with Crippen molar-refractivity contribution < 1.29 is 9.00 Å². The summed E-state index contributed by atoms with van der Waals surface area (Å²) in [6.45, 7) is 7.25. The number of nitrogen functional groups attached to an aromatic ring is 1. The lowest BCUT2D eigenvalue weighted by atomic mass is 10.2. The number of anilines is 2. The molecule has 1 amide bonds. The van der Waals surface area contributed by atoms with Gasteiger partial charge in [-0.2, -0.15) is 0 Å². The first-order chi connectivity index (χ1) is 8.21. The van der Waals surface area contributed by atoms with E-state index in [-0.39, 0.29) is 5.91 Å². The van der Waals surface area contributed by atoms with Gasteiger partial charge in [0.2, 0.25) is 5.91 Å². The zero-order valence-electron chi connectivity index (χ0n) is 11.2. The third-order valence-electron chi connectivity index (χ3n) is 2.47. The van der Waals surface area contributed by atoms with Crippen LogP contribution in [0.2, 0.25) is 0 Å². The topological polar surface area (TPSA) is 72.2 Å². The molecule has 0 saturated carbocycles. The number of hydrogen-bond acceptors (Lipinski definition) is 3. The third-order valence-corrected chi connectivity index (χ3v) is 4.54. The Morgan fingerprint density at radius 1 is 1.28 bits per heavy atom. The molecule has 100 valence electrons. The molecule has 0 heterocycles. The minimum absolute atomic E-state index is 0.243. The maximum atomic E-state index is 12.1. The van der Waals surface area contributed by atoms with E-state index in [1.54, 1.807) is 31.2 Å². The van der Waals surface area contributed by atoms with Crippen molar-refractivity contribution in [1.82, 2.24) is 0 Å². The fraction of sp³-hybridized carbons (Fsp3) is 0.462. The number of nitrogens with one attached hydrogen (secondary N) is 1. The quantitative estimate of drug-likeness (QED) is 0.825. The summed E-state index contributed by atoms with van der Waals surface area (Å²) in [6.07, 6.45) is 0. The largest absolute Gasteiger partial charge is 0.399 e. The highest BCUT2D eigenvalue weighted by molar-refractivity contribution is 7.87. The zero-order valence-corrected chi connectivity index (χ0v) is 12.0. The Morgan fingerprint density at radius 2 is 1.78 bits per heavy atom. The molecule has 0 spiro atoms. The van der Waals surface area contributed by atoms with E-state index >= 15 is 0 Å². The number of benzene rings is 1. The van der Waals surface area contributed by atoms with Crippen molar-refractivity contribution in [2.45, 2.75) is 37.7 Å². The summed E-state index contributed by atoms with van der Waals surface area (Å²) < 4.78 is 11.7. The molecule has 1 aromatic rings. The predicted octanol–water partition coefficient (Wildman–Crippen LogP) is 2.14. The van der Waals surface area contributed by atoms with Crippen LogP contribution in [0.1, 0.15) is 27.7 Å². The first kappa shape index (κ1) is 14.7. The minimum atomic E-state index is -1.23. The molecule has 4 nitrogen and oxygen atoms in total. The average Bonchev–Trinajstić information content (AvgIpc) is 2.29. The molecule has 0 bridgehead atoms. The molecule has 3 N–H and O–H groups in total. The van der Waals surface area contributed by atoms with Gasteiger partial charge in [-0.05, 0) is 52.0 Å². The first-order valence-electron chi connectivity index (χ1n) is 5.79. The highest BCUT2D eigenvalue weighted by Crippen LogP contribution is 2.18. The van der Waals surface area contributed by atoms with Gasteiger partial charge in [0.1, 0.15) is 5.25 Å². The molecule has 0 aliphatic carbocycles. The Kier molecular flexibility index (Phi) is 4.51. The van der Waals surface area contributed by atoms with E-state index in [1.165, 1.54) is 0 Å². The average molecular weight is 268 g/mol. The van der Waals surface area contributed by atoms with Crippen LogP contribution in [0.4, 0.5) is 11.4 Å². The van der Waals surface area contributed by atoms with Crippen LogP contribution in [0.5, 0.6) is 0 Å². The van der Waals surface area contributed by atoms with Crippen LogP contribution >= 0.6 is 0 Å². The summed E-state index contributed by atoms with van der Waals surface area (Å²) in [5.74, 6) is -0.243. The number of rotatable bonds is 3. The van der Waals surface area contributed by atoms with Crippen molar-refractivity contribution in [3.05, 3.63) is 24.3 Å². The van der Waals surface area contributed by atoms with Gasteiger partial charge in [0.15, 0.2) is 0 Å². The summed E-state index contributed by atoms with van der Waals surface area (Å²) in [6, 6.07) is 6.86. The predicted molar refractivity (Wildman–Crippen MR) is 76.8 cm³/mol. The number of nitrogens with two attached hydrogens (primary N) is 1. The standard InChI is InChI=1S/C13H20N2O2S/c1-9(18(17)13(2,3)4)12(16)15-11-7-5-10(14)6-8-11/h5-9H,14H2,1-4H3,(H,15,16). The molecule has 0 saturated heterocycles. The van der Waals surface area contributed by atoms with E-state index in [0.717, 1.165) is 0 Å². The van der Waals surface area contributed by atoms with Gasteiger partial charge in [-0.3, -0.25) is 9.00 Å². The van der Waals surface area contributed by atoms with Crippen molar-refractivity contribution >= 4 is 28.1 Å². The number of carbonyl (C=O) groups is 1. The van der Waals surface area contributed by atoms with Gasteiger partial charge < -0.3 is 11.1 Å². The molecule has 1 rings (SSSR count). The van der Waals surface area contributed by atoms with Crippen LogP contribution in [0, 0.1) is 0 Å². The summed E-state index contributed by atoms with van der Waals surface area (Å²) in [4.78, 5) is 12.0. The van der Waals surface area contributed by atoms with Gasteiger partial charge in [-0.25, -0.2) is 0 Å². The molecule has 18 heavy (non-hydrogen) atoms. The second-order valence-corrected chi connectivity index (χ2v) is 7.69. The van der Waals surface area contributed by atoms with E-state index in [9.17, 15) is 9.00 Å². The number of carbonyl (C=O) groups excluding carboxylic acids is 1. The zero-order chi connectivity index (χ0) is 13.9. The van der Waals surface area contributed by atoms with E-state index in [1.807, 2.05) is 20.8 Å². The minimum Gasteiger partial charge on any atom is -0.399 e. The van der Waals surface area contributed by atoms with E-state index in [0.29, 0.717) is 11.4 Å². The lowest BCUT2D eigenvalue weighted by molar-refractivity contribution is -0.115. The van der Waals surface area contributed by atoms with Crippen molar-refractivity contribution in [1.29, 1.82) is 0 Å². The smallest absolute Gasteiger partial charge is 0.239 e. The normalized spacial score (nSPS) is 14.9. The number of amides is 1. The van der Waals surface area contributed by atoms with E-state index < -0.39 is 20.8 Å². The molecule has 0 aliphatic rings. The maximum absolute atomic E-state index is 12.1. The molecule has 0 radical (unpaired) electrons. The van der Waals surface area contributed by atoms with Crippen molar-refractivity contribution in [3.63, 3.8) is 0 Å². The van der Waals surface area contributed by atoms with Gasteiger partial charge in [0.05, 0.1) is 0 Å². The van der Waals surface area contributed by atoms with Gasteiger partial charge in [-0.1, -0.05) is 0 Å². The SMILES string of the molecule is CC(C(=O)Nc1ccc(N)cc1)S(=O)C(C)(C)C. The summed E-state index contributed by atoms with van der Waals surface area (Å²) in [7, 11) is -1.23. The monoisotopic (exact) mass is 268 g/mol. The summed E-state index contributed by atoms with van der Waals surface area (Å²) in [5.41, 5.74) is 6.86. The fourth-order valence-electron chi connectivity index (χ4n) is 1.44. The molecule has 0 fully saturated rings. The Labute approximate surface area is 110 Å². The molecule has 0 aliphatic heterocycles. The molecular weight excluding hydrogens is 248 g/mol. The van der Waals surface area contributed by atoms with Crippen LogP contribution in [-0.4, -0.2) is 20.1 Å². The molecule has 5 heteroatoms. The Hall–Kier alpha value is -1.36. The Bertz CT molecular complexity index is 449. The van der Waals surface area contributed by atoms with E-state index in [4.69, 9.17) is 5.73 Å². The summed E-state index contributed by atoms with van der Waals surface area (Å²) >= 11 is 0. The molecule has 2 atom stereocenters. The van der Waals surface area contributed by atoms with Crippen molar-refractivity contribution in [2.75, 3.05) is 11.1 Å². The molecule has 2 unspecified atom stereocenters. The third kappa shape index (κ3) is 3.84. The van der Waals surface area contributed by atoms with Crippen molar-refractivity contribution in [2.24, 2.45) is 0 Å². The van der Waals surface area contributed by atoms with Crippen LogP contribution < -0.4 is 11.1 Å². The van der Waals surface area contributed by atoms with Gasteiger partial charge in [-0.15, -0.1) is 0 Å². The fourth-order valence-corrected chi connectivity index (χ4v) is 2.75. The molecule has 1 aromatic carbocycles. The van der Waals surface area contributed by atoms with Crippen LogP contribution in [-0.2, 0) is 15.6 Å². The lowest BCUT2D eigenvalue weighted by Gasteiger charge is -2.22. The van der Waals surface area contributed by atoms with E-state index in [2.05, 4.69) is 5.32 Å². The highest BCUT2D eigenvalue weighted by atomic mass is 32.2. The second-order valence-electron chi connectivity index (χ2n) is 5.16. The second kappa shape index (κ2) is 5.52. The van der Waals surface area contributed by atoms with Crippen LogP contribution in [0.15, 0.2) is 24.3 Å². The van der Waals surface area contributed by atoms with Crippen LogP contribution in [0.25, 0.3) is 0 Å². The van der Waals surface area contributed by atoms with Crippen molar-refractivity contribution in [3.8, 4) is 0 Å². The van der Waals surface area contributed by atoms with Gasteiger partial charge in [0, 0.05) is 26.9 Å².